The molecule has 0 aliphatic heterocycles. The first-order chi connectivity index (χ1) is 8.01. The molecule has 0 aromatic heterocycles. The van der Waals surface area contributed by atoms with Crippen molar-refractivity contribution in [2.45, 2.75) is 11.3 Å². The van der Waals surface area contributed by atoms with E-state index in [4.69, 9.17) is 16.9 Å². The van der Waals surface area contributed by atoms with Gasteiger partial charge in [-0.15, -0.1) is 12.3 Å². The van der Waals surface area contributed by atoms with Gasteiger partial charge in [-0.3, -0.25) is 0 Å². The van der Waals surface area contributed by atoms with Gasteiger partial charge in [0.1, 0.15) is 10.6 Å². The smallest absolute Gasteiger partial charge is 0.244 e. The van der Waals surface area contributed by atoms with Crippen molar-refractivity contribution in [1.29, 1.82) is 0 Å². The van der Waals surface area contributed by atoms with Crippen molar-refractivity contribution in [2.24, 2.45) is 0 Å². The molecule has 0 bridgehead atoms. The molecule has 17 heavy (non-hydrogen) atoms. The summed E-state index contributed by atoms with van der Waals surface area (Å²) < 4.78 is 31.2. The van der Waals surface area contributed by atoms with Crippen LogP contribution in [0.15, 0.2) is 23.1 Å². The summed E-state index contributed by atoms with van der Waals surface area (Å²) in [4.78, 5) is 0.0111. The molecule has 1 rings (SSSR count). The molecule has 0 fully saturated rings. The Kier molecular flexibility index (Phi) is 4.37. The van der Waals surface area contributed by atoms with E-state index in [0.717, 1.165) is 0 Å². The second kappa shape index (κ2) is 5.57. The van der Waals surface area contributed by atoms with Crippen LogP contribution in [-0.4, -0.2) is 22.1 Å². The lowest BCUT2D eigenvalue weighted by atomic mass is 10.3. The second-order valence-electron chi connectivity index (χ2n) is 3.26. The van der Waals surface area contributed by atoms with Crippen LogP contribution >= 0.6 is 0 Å². The predicted molar refractivity (Wildman–Crippen MR) is 66.0 cm³/mol. The minimum Gasteiger partial charge on any atom is -0.495 e. The van der Waals surface area contributed by atoms with Crippen LogP contribution in [0.4, 0.5) is 5.69 Å². The number of nitrogens with two attached hydrogens (primary N) is 1. The van der Waals surface area contributed by atoms with Crippen molar-refractivity contribution in [3.8, 4) is 18.1 Å². The molecule has 0 aliphatic rings. The van der Waals surface area contributed by atoms with E-state index in [-0.39, 0.29) is 17.2 Å². The van der Waals surface area contributed by atoms with Crippen LogP contribution < -0.4 is 15.2 Å². The number of anilines is 1. The van der Waals surface area contributed by atoms with E-state index in [9.17, 15) is 8.42 Å². The van der Waals surface area contributed by atoms with Crippen LogP contribution in [0.2, 0.25) is 0 Å². The van der Waals surface area contributed by atoms with Crippen molar-refractivity contribution in [3.05, 3.63) is 18.2 Å². The molecule has 0 saturated carbocycles. The average molecular weight is 254 g/mol. The minimum atomic E-state index is -3.65. The summed E-state index contributed by atoms with van der Waals surface area (Å²) in [6, 6.07) is 4.42. The average Bonchev–Trinajstić information content (AvgIpc) is 2.29. The first kappa shape index (κ1) is 13.4. The van der Waals surface area contributed by atoms with Gasteiger partial charge < -0.3 is 10.5 Å². The number of terminal acetylenes is 1. The molecule has 92 valence electrons. The van der Waals surface area contributed by atoms with Gasteiger partial charge in [-0.2, -0.15) is 0 Å². The highest BCUT2D eigenvalue weighted by Gasteiger charge is 2.18. The van der Waals surface area contributed by atoms with E-state index in [1.54, 1.807) is 6.07 Å². The monoisotopic (exact) mass is 254 g/mol. The third-order valence-electron chi connectivity index (χ3n) is 2.04. The third kappa shape index (κ3) is 3.37. The number of sulfonamides is 1. The fraction of sp³-hybridized carbons (Fsp3) is 0.273. The van der Waals surface area contributed by atoms with Gasteiger partial charge in [0, 0.05) is 18.7 Å². The van der Waals surface area contributed by atoms with Crippen LogP contribution in [0.3, 0.4) is 0 Å². The maximum absolute atomic E-state index is 11.9. The van der Waals surface area contributed by atoms with Gasteiger partial charge in [-0.1, -0.05) is 0 Å². The fourth-order valence-corrected chi connectivity index (χ4v) is 2.47. The van der Waals surface area contributed by atoms with Crippen molar-refractivity contribution in [2.75, 3.05) is 19.4 Å². The number of nitrogens with one attached hydrogen (secondary N) is 1. The normalized spacial score (nSPS) is 10.8. The molecular weight excluding hydrogens is 240 g/mol. The zero-order valence-electron chi connectivity index (χ0n) is 9.43. The molecule has 0 saturated heterocycles. The zero-order chi connectivity index (χ0) is 12.9. The number of ether oxygens (including phenoxy) is 1. The van der Waals surface area contributed by atoms with Crippen LogP contribution in [0.25, 0.3) is 0 Å². The molecule has 1 aromatic rings. The van der Waals surface area contributed by atoms with E-state index in [2.05, 4.69) is 10.6 Å². The van der Waals surface area contributed by atoms with Crippen LogP contribution in [-0.2, 0) is 10.0 Å². The van der Waals surface area contributed by atoms with Crippen LogP contribution in [0, 0.1) is 12.3 Å². The summed E-state index contributed by atoms with van der Waals surface area (Å²) in [5.41, 5.74) is 5.90. The molecule has 0 atom stereocenters. The summed E-state index contributed by atoms with van der Waals surface area (Å²) >= 11 is 0. The van der Waals surface area contributed by atoms with Crippen molar-refractivity contribution >= 4 is 15.7 Å². The number of hydrogen-bond acceptors (Lipinski definition) is 4. The zero-order valence-corrected chi connectivity index (χ0v) is 10.3. The summed E-state index contributed by atoms with van der Waals surface area (Å²) in [6.45, 7) is 0.177. The fourth-order valence-electron chi connectivity index (χ4n) is 1.24. The Morgan fingerprint density at radius 1 is 1.53 bits per heavy atom. The molecule has 3 N–H and O–H groups in total. The minimum absolute atomic E-state index is 0.0111. The Labute approximate surface area is 101 Å². The Morgan fingerprint density at radius 3 is 2.82 bits per heavy atom. The van der Waals surface area contributed by atoms with E-state index in [0.29, 0.717) is 12.1 Å². The first-order valence-corrected chi connectivity index (χ1v) is 6.36. The number of nitrogen functional groups attached to an aromatic ring is 1. The van der Waals surface area contributed by atoms with Gasteiger partial charge in [0.2, 0.25) is 10.0 Å². The van der Waals surface area contributed by atoms with Crippen LogP contribution in [0.1, 0.15) is 6.42 Å². The van der Waals surface area contributed by atoms with E-state index >= 15 is 0 Å². The molecule has 1 aromatic carbocycles. The Balaban J connectivity index is 3.05. The number of benzene rings is 1. The summed E-state index contributed by atoms with van der Waals surface area (Å²) in [5, 5.41) is 0. The van der Waals surface area contributed by atoms with E-state index < -0.39 is 10.0 Å². The topological polar surface area (TPSA) is 81.4 Å². The number of rotatable bonds is 5. The highest BCUT2D eigenvalue weighted by atomic mass is 32.2. The highest BCUT2D eigenvalue weighted by molar-refractivity contribution is 7.89. The summed E-state index contributed by atoms with van der Waals surface area (Å²) in [7, 11) is -2.25. The number of methoxy groups -OCH3 is 1. The highest BCUT2D eigenvalue weighted by Crippen LogP contribution is 2.25. The summed E-state index contributed by atoms with van der Waals surface area (Å²) in [6.07, 6.45) is 5.37. The molecule has 0 unspecified atom stereocenters. The predicted octanol–water partition coefficient (Wildman–Crippen LogP) is 0.579. The Morgan fingerprint density at radius 2 is 2.24 bits per heavy atom. The van der Waals surface area contributed by atoms with Crippen molar-refractivity contribution in [1.82, 2.24) is 4.72 Å². The molecule has 0 amide bonds. The molecular formula is C11H14N2O3S. The molecule has 0 spiro atoms. The van der Waals surface area contributed by atoms with Gasteiger partial charge in [0.15, 0.2) is 0 Å². The maximum atomic E-state index is 11.9. The van der Waals surface area contributed by atoms with Crippen molar-refractivity contribution < 1.29 is 13.2 Å². The van der Waals surface area contributed by atoms with Gasteiger partial charge in [0.25, 0.3) is 0 Å². The lowest BCUT2D eigenvalue weighted by Crippen LogP contribution is -2.25. The van der Waals surface area contributed by atoms with Crippen molar-refractivity contribution in [3.63, 3.8) is 0 Å². The lowest BCUT2D eigenvalue weighted by Gasteiger charge is -2.10. The first-order valence-electron chi connectivity index (χ1n) is 4.88. The standard InChI is InChI=1S/C11H14N2O3S/c1-3-4-7-13-17(14,15)11-8-9(12)5-6-10(11)16-2/h1,5-6,8,13H,4,7,12H2,2H3. The van der Waals surface area contributed by atoms with Gasteiger partial charge in [-0.25, -0.2) is 13.1 Å². The number of hydrogen-bond donors (Lipinski definition) is 2. The molecule has 0 radical (unpaired) electrons. The Hall–Kier alpha value is -1.71. The second-order valence-corrected chi connectivity index (χ2v) is 5.00. The molecule has 5 nitrogen and oxygen atoms in total. The van der Waals surface area contributed by atoms with Gasteiger partial charge in [-0.05, 0) is 18.2 Å². The maximum Gasteiger partial charge on any atom is 0.244 e. The molecule has 0 heterocycles. The largest absolute Gasteiger partial charge is 0.495 e. The Bertz CT molecular complexity index is 532. The van der Waals surface area contributed by atoms with Crippen LogP contribution in [0.5, 0.6) is 5.75 Å². The van der Waals surface area contributed by atoms with E-state index in [1.165, 1.54) is 19.2 Å². The lowest BCUT2D eigenvalue weighted by molar-refractivity contribution is 0.402. The molecule has 6 heteroatoms. The van der Waals surface area contributed by atoms with Gasteiger partial charge in [0.05, 0.1) is 7.11 Å². The van der Waals surface area contributed by atoms with E-state index in [1.807, 2.05) is 0 Å². The third-order valence-corrected chi connectivity index (χ3v) is 3.52. The van der Waals surface area contributed by atoms with Gasteiger partial charge >= 0.3 is 0 Å². The molecule has 0 aliphatic carbocycles. The quantitative estimate of drug-likeness (QED) is 0.457. The summed E-state index contributed by atoms with van der Waals surface area (Å²) in [5.74, 6) is 2.59. The SMILES string of the molecule is C#CCCNS(=O)(=O)c1cc(N)ccc1OC.